The highest BCUT2D eigenvalue weighted by Crippen LogP contribution is 2.26. The third-order valence-corrected chi connectivity index (χ3v) is 7.65. The lowest BCUT2D eigenvalue weighted by Gasteiger charge is -2.25. The summed E-state index contributed by atoms with van der Waals surface area (Å²) < 4.78 is 0. The maximum atomic E-state index is 11.7. The summed E-state index contributed by atoms with van der Waals surface area (Å²) in [4.78, 5) is 30.4. The number of aryl methyl sites for hydroxylation is 1. The number of benzene rings is 2. The van der Waals surface area contributed by atoms with Crippen molar-refractivity contribution in [1.82, 2.24) is 14.7 Å². The first-order valence-corrected chi connectivity index (χ1v) is 14.6. The van der Waals surface area contributed by atoms with Gasteiger partial charge >= 0.3 is 0 Å². The van der Waals surface area contributed by atoms with E-state index in [1.807, 2.05) is 24.3 Å². The third-order valence-electron chi connectivity index (χ3n) is 7.65. The van der Waals surface area contributed by atoms with Crippen molar-refractivity contribution in [1.29, 1.82) is 0 Å². The van der Waals surface area contributed by atoms with Crippen LogP contribution < -0.4 is 0 Å². The van der Waals surface area contributed by atoms with Gasteiger partial charge in [0.25, 0.3) is 0 Å². The van der Waals surface area contributed by atoms with Gasteiger partial charge in [-0.1, -0.05) is 63.1 Å². The largest absolute Gasteiger partial charge is 0.309 e. The van der Waals surface area contributed by atoms with Crippen LogP contribution in [0.4, 0.5) is 0 Å². The SMILES string of the molecule is CC1CCCN1CCN(C)CCc1cc(-c2ccc(C=O)c(CCCN(C)C)c2)ccc1C=O.CCCC. The number of hydrogen-bond donors (Lipinski definition) is 0. The summed E-state index contributed by atoms with van der Waals surface area (Å²) in [6, 6.07) is 12.9. The van der Waals surface area contributed by atoms with Crippen LogP contribution in [0.2, 0.25) is 0 Å². The van der Waals surface area contributed by atoms with Gasteiger partial charge in [0.2, 0.25) is 0 Å². The first kappa shape index (κ1) is 31.9. The number of carbonyl (C=O) groups excluding carboxylic acids is 2. The van der Waals surface area contributed by atoms with E-state index in [0.29, 0.717) is 6.04 Å². The molecule has 2 aromatic rings. The van der Waals surface area contributed by atoms with E-state index in [2.05, 4.69) is 68.7 Å². The molecule has 0 radical (unpaired) electrons. The first-order valence-electron chi connectivity index (χ1n) is 14.6. The Kier molecular flexibility index (Phi) is 14.5. The molecular weight excluding hydrogens is 470 g/mol. The summed E-state index contributed by atoms with van der Waals surface area (Å²) in [6.45, 7) is 12.0. The number of aldehydes is 2. The van der Waals surface area contributed by atoms with Crippen LogP contribution in [0.25, 0.3) is 11.1 Å². The van der Waals surface area contributed by atoms with E-state index in [0.717, 1.165) is 91.4 Å². The maximum Gasteiger partial charge on any atom is 0.150 e. The highest BCUT2D eigenvalue weighted by molar-refractivity contribution is 5.82. The van der Waals surface area contributed by atoms with E-state index in [-0.39, 0.29) is 0 Å². The van der Waals surface area contributed by atoms with E-state index in [4.69, 9.17) is 0 Å². The van der Waals surface area contributed by atoms with Crippen LogP contribution in [0.15, 0.2) is 36.4 Å². The van der Waals surface area contributed by atoms with E-state index in [9.17, 15) is 9.59 Å². The van der Waals surface area contributed by atoms with Gasteiger partial charge in [-0.25, -0.2) is 0 Å². The fourth-order valence-electron chi connectivity index (χ4n) is 4.87. The molecule has 1 unspecified atom stereocenters. The smallest absolute Gasteiger partial charge is 0.150 e. The second-order valence-electron chi connectivity index (χ2n) is 11.1. The Morgan fingerprint density at radius 1 is 0.842 bits per heavy atom. The van der Waals surface area contributed by atoms with Crippen molar-refractivity contribution >= 4 is 12.6 Å². The lowest BCUT2D eigenvalue weighted by molar-refractivity contribution is 0.111. The lowest BCUT2D eigenvalue weighted by atomic mass is 9.94. The molecule has 1 fully saturated rings. The third kappa shape index (κ3) is 10.4. The molecule has 5 nitrogen and oxygen atoms in total. The summed E-state index contributed by atoms with van der Waals surface area (Å²) in [5, 5.41) is 0. The number of likely N-dealkylation sites (tertiary alicyclic amines) is 1. The van der Waals surface area contributed by atoms with Gasteiger partial charge in [-0.3, -0.25) is 14.5 Å². The lowest BCUT2D eigenvalue weighted by Crippen LogP contribution is -2.35. The molecule has 1 heterocycles. The van der Waals surface area contributed by atoms with Gasteiger partial charge < -0.3 is 9.80 Å². The minimum Gasteiger partial charge on any atom is -0.309 e. The fourth-order valence-corrected chi connectivity index (χ4v) is 4.87. The predicted molar refractivity (Wildman–Crippen MR) is 162 cm³/mol. The fraction of sp³-hybridized carbons (Fsp3) is 0.576. The molecular formula is C33H51N3O2. The maximum absolute atomic E-state index is 11.7. The molecule has 1 saturated heterocycles. The van der Waals surface area contributed by atoms with Crippen molar-refractivity contribution in [3.05, 3.63) is 58.7 Å². The molecule has 3 rings (SSSR count). The van der Waals surface area contributed by atoms with Gasteiger partial charge in [0, 0.05) is 36.8 Å². The van der Waals surface area contributed by atoms with Crippen molar-refractivity contribution in [3.8, 4) is 11.1 Å². The topological polar surface area (TPSA) is 43.9 Å². The molecule has 1 aliphatic rings. The molecule has 0 N–H and O–H groups in total. The van der Waals surface area contributed by atoms with Crippen LogP contribution in [0.5, 0.6) is 0 Å². The number of nitrogens with zero attached hydrogens (tertiary/aromatic N) is 3. The molecule has 0 aliphatic carbocycles. The second kappa shape index (κ2) is 17.3. The number of unbranched alkanes of at least 4 members (excludes halogenated alkanes) is 1. The minimum absolute atomic E-state index is 0.699. The van der Waals surface area contributed by atoms with Crippen LogP contribution >= 0.6 is 0 Å². The highest BCUT2D eigenvalue weighted by Gasteiger charge is 2.19. The minimum atomic E-state index is 0.699. The van der Waals surface area contributed by atoms with E-state index >= 15 is 0 Å². The Hall–Kier alpha value is -2.34. The van der Waals surface area contributed by atoms with Gasteiger partial charge in [-0.05, 0) is 95.5 Å². The number of carbonyl (C=O) groups is 2. The molecule has 38 heavy (non-hydrogen) atoms. The zero-order valence-electron chi connectivity index (χ0n) is 24.8. The molecule has 5 heteroatoms. The summed E-state index contributed by atoms with van der Waals surface area (Å²) in [5.41, 5.74) is 5.90. The molecule has 0 spiro atoms. The monoisotopic (exact) mass is 521 g/mol. The molecule has 0 aromatic heterocycles. The van der Waals surface area contributed by atoms with Crippen molar-refractivity contribution in [2.45, 2.75) is 71.8 Å². The highest BCUT2D eigenvalue weighted by atomic mass is 16.1. The zero-order chi connectivity index (χ0) is 27.9. The second-order valence-corrected chi connectivity index (χ2v) is 11.1. The summed E-state index contributed by atoms with van der Waals surface area (Å²) in [7, 11) is 6.30. The van der Waals surface area contributed by atoms with Crippen LogP contribution in [0.3, 0.4) is 0 Å². The van der Waals surface area contributed by atoms with Crippen molar-refractivity contribution < 1.29 is 9.59 Å². The number of hydrogen-bond acceptors (Lipinski definition) is 5. The average molecular weight is 522 g/mol. The Labute approximate surface area is 232 Å². The van der Waals surface area contributed by atoms with Crippen molar-refractivity contribution in [3.63, 3.8) is 0 Å². The van der Waals surface area contributed by atoms with E-state index in [1.165, 1.54) is 32.2 Å². The van der Waals surface area contributed by atoms with Crippen LogP contribution in [0, 0.1) is 0 Å². The standard InChI is InChI=1S/C29H41N3O2.C4H10/c1-23-7-5-15-32(23)18-17-31(4)16-13-27-20-26(10-12-29(27)22-34)25-9-11-28(21-33)24(19-25)8-6-14-30(2)3;1-3-4-2/h9-12,19-23H,5-8,13-18H2,1-4H3;3-4H2,1-2H3. The molecule has 1 atom stereocenters. The first-order chi connectivity index (χ1) is 18.3. The zero-order valence-corrected chi connectivity index (χ0v) is 24.8. The molecule has 0 amide bonds. The van der Waals surface area contributed by atoms with Crippen molar-refractivity contribution in [2.75, 3.05) is 53.9 Å². The molecule has 2 aromatic carbocycles. The molecule has 0 bridgehead atoms. The normalized spacial score (nSPS) is 15.5. The summed E-state index contributed by atoms with van der Waals surface area (Å²) in [6.07, 6.45) is 9.91. The molecule has 1 aliphatic heterocycles. The molecule has 0 saturated carbocycles. The Morgan fingerprint density at radius 3 is 1.89 bits per heavy atom. The van der Waals surface area contributed by atoms with Crippen molar-refractivity contribution in [2.24, 2.45) is 0 Å². The van der Waals surface area contributed by atoms with Gasteiger partial charge in [-0.15, -0.1) is 0 Å². The Morgan fingerprint density at radius 2 is 1.42 bits per heavy atom. The Bertz CT molecular complexity index is 986. The van der Waals surface area contributed by atoms with Crippen LogP contribution in [-0.4, -0.2) is 87.2 Å². The van der Waals surface area contributed by atoms with Gasteiger partial charge in [0.05, 0.1) is 0 Å². The summed E-state index contributed by atoms with van der Waals surface area (Å²) >= 11 is 0. The van der Waals surface area contributed by atoms with Crippen LogP contribution in [0.1, 0.15) is 84.7 Å². The van der Waals surface area contributed by atoms with Crippen LogP contribution in [-0.2, 0) is 12.8 Å². The predicted octanol–water partition coefficient (Wildman–Crippen LogP) is 6.24. The number of likely N-dealkylation sites (N-methyl/N-ethyl adjacent to an activating group) is 1. The Balaban J connectivity index is 0.00000118. The van der Waals surface area contributed by atoms with Gasteiger partial charge in [0.1, 0.15) is 12.6 Å². The quantitative estimate of drug-likeness (QED) is 0.275. The van der Waals surface area contributed by atoms with Gasteiger partial charge in [0.15, 0.2) is 0 Å². The van der Waals surface area contributed by atoms with E-state index < -0.39 is 0 Å². The number of rotatable bonds is 14. The molecule has 210 valence electrons. The van der Waals surface area contributed by atoms with E-state index in [1.54, 1.807) is 0 Å². The summed E-state index contributed by atoms with van der Waals surface area (Å²) in [5.74, 6) is 0. The average Bonchev–Trinajstić information content (AvgIpc) is 3.34. The van der Waals surface area contributed by atoms with Gasteiger partial charge in [-0.2, -0.15) is 0 Å².